The second-order valence-electron chi connectivity index (χ2n) is 4.39. The Labute approximate surface area is 91.0 Å². The number of nitrogens with one attached hydrogen (secondary N) is 1. The topological polar surface area (TPSA) is 41.6 Å². The van der Waals surface area contributed by atoms with Crippen LogP contribution in [0, 0.1) is 0 Å². The first kappa shape index (κ1) is 10.7. The number of carbonyl (C=O) groups is 1. The van der Waals surface area contributed by atoms with E-state index in [2.05, 4.69) is 5.32 Å². The van der Waals surface area contributed by atoms with E-state index >= 15 is 0 Å². The molecule has 0 aromatic heterocycles. The van der Waals surface area contributed by atoms with E-state index in [-0.39, 0.29) is 6.09 Å². The maximum Gasteiger partial charge on any atom is 0.409 e. The van der Waals surface area contributed by atoms with Crippen LogP contribution >= 0.6 is 0 Å². The van der Waals surface area contributed by atoms with Crippen LogP contribution in [0.1, 0.15) is 32.1 Å². The van der Waals surface area contributed by atoms with Gasteiger partial charge in [0.05, 0.1) is 6.61 Å². The Kier molecular flexibility index (Phi) is 3.83. The van der Waals surface area contributed by atoms with Crippen molar-refractivity contribution in [2.24, 2.45) is 0 Å². The summed E-state index contributed by atoms with van der Waals surface area (Å²) >= 11 is 0. The predicted octanol–water partition coefficient (Wildman–Crippen LogP) is 1.36. The zero-order chi connectivity index (χ0) is 10.5. The van der Waals surface area contributed by atoms with Gasteiger partial charge in [0.25, 0.3) is 0 Å². The van der Waals surface area contributed by atoms with Gasteiger partial charge < -0.3 is 15.0 Å². The monoisotopic (exact) mass is 212 g/mol. The van der Waals surface area contributed by atoms with Crippen LogP contribution in [0.3, 0.4) is 0 Å². The number of hydrogen-bond donors (Lipinski definition) is 1. The molecular weight excluding hydrogens is 192 g/mol. The zero-order valence-electron chi connectivity index (χ0n) is 9.21. The fraction of sp³-hybridized carbons (Fsp3) is 0.909. The molecule has 86 valence electrons. The molecule has 0 bridgehead atoms. The SMILES string of the molecule is O=C1OCCCN1CCC1CCCCN1. The molecule has 2 aliphatic rings. The number of cyclic esters (lactones) is 1. The van der Waals surface area contributed by atoms with E-state index in [1.807, 2.05) is 4.90 Å². The number of amides is 1. The Balaban J connectivity index is 1.69. The Morgan fingerprint density at radius 3 is 3.07 bits per heavy atom. The van der Waals surface area contributed by atoms with Gasteiger partial charge in [0.2, 0.25) is 0 Å². The van der Waals surface area contributed by atoms with Gasteiger partial charge in [-0.2, -0.15) is 0 Å². The molecule has 2 aliphatic heterocycles. The third-order valence-electron chi connectivity index (χ3n) is 3.22. The smallest absolute Gasteiger partial charge is 0.409 e. The molecule has 1 N–H and O–H groups in total. The van der Waals surface area contributed by atoms with Gasteiger partial charge in [-0.25, -0.2) is 4.79 Å². The number of piperidine rings is 1. The molecule has 0 aliphatic carbocycles. The van der Waals surface area contributed by atoms with Gasteiger partial charge in [-0.05, 0) is 32.2 Å². The highest BCUT2D eigenvalue weighted by atomic mass is 16.6. The molecule has 2 fully saturated rings. The van der Waals surface area contributed by atoms with Crippen LogP contribution in [0.25, 0.3) is 0 Å². The van der Waals surface area contributed by atoms with Crippen LogP contribution in [0.15, 0.2) is 0 Å². The van der Waals surface area contributed by atoms with Crippen molar-refractivity contribution in [3.8, 4) is 0 Å². The molecule has 0 saturated carbocycles. The van der Waals surface area contributed by atoms with Gasteiger partial charge in [-0.1, -0.05) is 6.42 Å². The first-order valence-electron chi connectivity index (χ1n) is 6.01. The Morgan fingerprint density at radius 2 is 2.33 bits per heavy atom. The third-order valence-corrected chi connectivity index (χ3v) is 3.22. The van der Waals surface area contributed by atoms with E-state index in [4.69, 9.17) is 4.74 Å². The first-order valence-corrected chi connectivity index (χ1v) is 6.01. The molecular formula is C11H20N2O2. The largest absolute Gasteiger partial charge is 0.449 e. The predicted molar refractivity (Wildman–Crippen MR) is 57.8 cm³/mol. The average Bonchev–Trinajstić information content (AvgIpc) is 2.29. The number of hydrogen-bond acceptors (Lipinski definition) is 3. The van der Waals surface area contributed by atoms with E-state index in [1.165, 1.54) is 19.3 Å². The van der Waals surface area contributed by atoms with Gasteiger partial charge in [-0.3, -0.25) is 0 Å². The summed E-state index contributed by atoms with van der Waals surface area (Å²) in [6.07, 6.45) is 5.78. The molecule has 4 nitrogen and oxygen atoms in total. The summed E-state index contributed by atoms with van der Waals surface area (Å²) in [6.45, 7) is 3.44. The fourth-order valence-electron chi connectivity index (χ4n) is 2.28. The number of ether oxygens (including phenoxy) is 1. The second-order valence-corrected chi connectivity index (χ2v) is 4.39. The molecule has 0 aromatic carbocycles. The molecule has 0 aromatic rings. The number of rotatable bonds is 3. The van der Waals surface area contributed by atoms with Crippen LogP contribution in [-0.4, -0.2) is 43.3 Å². The minimum Gasteiger partial charge on any atom is -0.449 e. The van der Waals surface area contributed by atoms with Crippen LogP contribution in [0.5, 0.6) is 0 Å². The van der Waals surface area contributed by atoms with Crippen LogP contribution < -0.4 is 5.32 Å². The lowest BCUT2D eigenvalue weighted by molar-refractivity contribution is 0.0710. The van der Waals surface area contributed by atoms with Gasteiger partial charge in [0.1, 0.15) is 0 Å². The lowest BCUT2D eigenvalue weighted by Gasteiger charge is -2.29. The van der Waals surface area contributed by atoms with Crippen molar-refractivity contribution in [1.29, 1.82) is 0 Å². The van der Waals surface area contributed by atoms with E-state index in [0.717, 1.165) is 32.5 Å². The molecule has 2 heterocycles. The maximum atomic E-state index is 11.4. The van der Waals surface area contributed by atoms with Crippen molar-refractivity contribution in [1.82, 2.24) is 10.2 Å². The molecule has 0 spiro atoms. The minimum atomic E-state index is -0.128. The Hall–Kier alpha value is -0.770. The summed E-state index contributed by atoms with van der Waals surface area (Å²) in [5.74, 6) is 0. The summed E-state index contributed by atoms with van der Waals surface area (Å²) < 4.78 is 5.00. The van der Waals surface area contributed by atoms with Gasteiger partial charge in [0, 0.05) is 19.1 Å². The van der Waals surface area contributed by atoms with Crippen molar-refractivity contribution in [3.63, 3.8) is 0 Å². The Bertz CT molecular complexity index is 215. The minimum absolute atomic E-state index is 0.128. The highest BCUT2D eigenvalue weighted by molar-refractivity contribution is 5.68. The second kappa shape index (κ2) is 5.35. The van der Waals surface area contributed by atoms with Crippen molar-refractivity contribution in [2.45, 2.75) is 38.1 Å². The summed E-state index contributed by atoms with van der Waals surface area (Å²) in [7, 11) is 0. The standard InChI is InChI=1S/C11H20N2O2/c14-11-13(7-3-9-15-11)8-5-10-4-1-2-6-12-10/h10,12H,1-9H2. The van der Waals surface area contributed by atoms with E-state index in [9.17, 15) is 4.79 Å². The third kappa shape index (κ3) is 3.09. The molecule has 4 heteroatoms. The average molecular weight is 212 g/mol. The van der Waals surface area contributed by atoms with Crippen LogP contribution in [0.4, 0.5) is 4.79 Å². The lowest BCUT2D eigenvalue weighted by Crippen LogP contribution is -2.42. The molecule has 1 amide bonds. The number of carbonyl (C=O) groups excluding carboxylic acids is 1. The van der Waals surface area contributed by atoms with Gasteiger partial charge in [-0.15, -0.1) is 0 Å². The normalized spacial score (nSPS) is 27.6. The summed E-state index contributed by atoms with van der Waals surface area (Å²) in [5, 5.41) is 3.49. The van der Waals surface area contributed by atoms with Gasteiger partial charge in [0.15, 0.2) is 0 Å². The molecule has 15 heavy (non-hydrogen) atoms. The molecule has 0 radical (unpaired) electrons. The molecule has 1 unspecified atom stereocenters. The summed E-state index contributed by atoms with van der Waals surface area (Å²) in [6, 6.07) is 0.605. The van der Waals surface area contributed by atoms with Crippen LogP contribution in [-0.2, 0) is 4.74 Å². The summed E-state index contributed by atoms with van der Waals surface area (Å²) in [4.78, 5) is 13.2. The van der Waals surface area contributed by atoms with Crippen molar-refractivity contribution < 1.29 is 9.53 Å². The summed E-state index contributed by atoms with van der Waals surface area (Å²) in [5.41, 5.74) is 0. The molecule has 2 rings (SSSR count). The van der Waals surface area contributed by atoms with E-state index < -0.39 is 0 Å². The van der Waals surface area contributed by atoms with Crippen LogP contribution in [0.2, 0.25) is 0 Å². The van der Waals surface area contributed by atoms with Crippen molar-refractivity contribution in [2.75, 3.05) is 26.2 Å². The molecule has 1 atom stereocenters. The van der Waals surface area contributed by atoms with Crippen molar-refractivity contribution in [3.05, 3.63) is 0 Å². The maximum absolute atomic E-state index is 11.4. The quantitative estimate of drug-likeness (QED) is 0.768. The first-order chi connectivity index (χ1) is 7.36. The zero-order valence-corrected chi connectivity index (χ0v) is 9.21. The van der Waals surface area contributed by atoms with Crippen molar-refractivity contribution >= 4 is 6.09 Å². The van der Waals surface area contributed by atoms with Gasteiger partial charge >= 0.3 is 6.09 Å². The van der Waals surface area contributed by atoms with E-state index in [1.54, 1.807) is 0 Å². The molecule has 2 saturated heterocycles. The van der Waals surface area contributed by atoms with E-state index in [0.29, 0.717) is 12.6 Å². The fourth-order valence-corrected chi connectivity index (χ4v) is 2.28. The highest BCUT2D eigenvalue weighted by Gasteiger charge is 2.21. The number of nitrogens with zero attached hydrogens (tertiary/aromatic N) is 1. The Morgan fingerprint density at radius 1 is 1.40 bits per heavy atom. The lowest BCUT2D eigenvalue weighted by atomic mass is 10.0. The highest BCUT2D eigenvalue weighted by Crippen LogP contribution is 2.12.